The topological polar surface area (TPSA) is 110 Å². The number of sulfonamides is 1. The van der Waals surface area contributed by atoms with Crippen molar-refractivity contribution in [3.05, 3.63) is 89.2 Å². The molecular weight excluding hydrogens is 478 g/mol. The lowest BCUT2D eigenvalue weighted by Gasteiger charge is -2.14. The van der Waals surface area contributed by atoms with Crippen LogP contribution in [-0.4, -0.2) is 20.4 Å². The van der Waals surface area contributed by atoms with Crippen molar-refractivity contribution in [1.82, 2.24) is 4.72 Å². The predicted octanol–water partition coefficient (Wildman–Crippen LogP) is 5.01. The second-order valence-electron chi connectivity index (χ2n) is 9.06. The maximum absolute atomic E-state index is 13.2. The van der Waals surface area contributed by atoms with Crippen LogP contribution in [0.1, 0.15) is 41.1 Å². The maximum atomic E-state index is 13.2. The highest BCUT2D eigenvalue weighted by atomic mass is 32.2. The Hall–Kier alpha value is -3.66. The Bertz CT molecular complexity index is 1510. The number of amides is 1. The van der Waals surface area contributed by atoms with E-state index < -0.39 is 15.9 Å². The number of carbonyl (C=O) groups excluding carboxylic acids is 1. The van der Waals surface area contributed by atoms with Crippen molar-refractivity contribution < 1.29 is 22.4 Å². The average Bonchev–Trinajstić information content (AvgIpc) is 3.48. The molecule has 3 N–H and O–H groups in total. The lowest BCUT2D eigenvalue weighted by atomic mass is 10.1. The Kier molecular flexibility index (Phi) is 6.53. The molecule has 9 heteroatoms. The van der Waals surface area contributed by atoms with Crippen molar-refractivity contribution in [2.45, 2.75) is 44.5 Å². The number of hydrogen-bond donors (Lipinski definition) is 3. The number of furan rings is 1. The molecule has 0 radical (unpaired) electrons. The first-order valence-electron chi connectivity index (χ1n) is 11.7. The van der Waals surface area contributed by atoms with Gasteiger partial charge in [-0.1, -0.05) is 24.3 Å². The number of hydrogen-bond acceptors (Lipinski definition) is 6. The van der Waals surface area contributed by atoms with E-state index in [4.69, 9.17) is 9.15 Å². The van der Waals surface area contributed by atoms with Crippen LogP contribution in [0.25, 0.3) is 11.0 Å². The number of nitrogens with one attached hydrogen (secondary N) is 3. The van der Waals surface area contributed by atoms with E-state index in [0.717, 1.165) is 22.1 Å². The van der Waals surface area contributed by atoms with Gasteiger partial charge in [-0.3, -0.25) is 4.79 Å². The minimum Gasteiger partial charge on any atom is -0.459 e. The highest BCUT2D eigenvalue weighted by Crippen LogP contribution is 2.26. The van der Waals surface area contributed by atoms with Gasteiger partial charge in [-0.15, -0.1) is 0 Å². The standard InChI is InChI=1S/C27H27N3O5S/c1-17(2)30-36(32,33)25-12-20(27(31)29-22-8-7-19-15-34-16-21(19)10-22)9-23(13-25)28-14-24-11-18-5-3-4-6-26(18)35-24/h3-13,17,28,30H,14-16H2,1-2H3,(H,29,31). The third kappa shape index (κ3) is 5.28. The quantitative estimate of drug-likeness (QED) is 0.310. The molecule has 3 aromatic carbocycles. The highest BCUT2D eigenvalue weighted by molar-refractivity contribution is 7.89. The molecule has 0 saturated carbocycles. The fraction of sp³-hybridized carbons (Fsp3) is 0.222. The van der Waals surface area contributed by atoms with Gasteiger partial charge in [0.1, 0.15) is 11.3 Å². The van der Waals surface area contributed by atoms with Gasteiger partial charge in [-0.05, 0) is 67.4 Å². The monoisotopic (exact) mass is 505 g/mol. The van der Waals surface area contributed by atoms with E-state index in [1.54, 1.807) is 19.9 Å². The zero-order valence-electron chi connectivity index (χ0n) is 20.0. The van der Waals surface area contributed by atoms with Gasteiger partial charge in [0.15, 0.2) is 0 Å². The molecule has 1 aliphatic rings. The fourth-order valence-electron chi connectivity index (χ4n) is 4.13. The van der Waals surface area contributed by atoms with Gasteiger partial charge in [0.05, 0.1) is 24.7 Å². The lowest BCUT2D eigenvalue weighted by molar-refractivity contribution is 0.102. The molecule has 1 amide bonds. The Morgan fingerprint density at radius 1 is 0.944 bits per heavy atom. The van der Waals surface area contributed by atoms with Crippen LogP contribution in [0.15, 0.2) is 76.0 Å². The molecule has 186 valence electrons. The second-order valence-corrected chi connectivity index (χ2v) is 10.8. The summed E-state index contributed by atoms with van der Waals surface area (Å²) in [6.07, 6.45) is 0. The minimum atomic E-state index is -3.83. The number of fused-ring (bicyclic) bond motifs is 2. The highest BCUT2D eigenvalue weighted by Gasteiger charge is 2.20. The Morgan fingerprint density at radius 2 is 1.75 bits per heavy atom. The number of carbonyl (C=O) groups is 1. The summed E-state index contributed by atoms with van der Waals surface area (Å²) in [7, 11) is -3.83. The van der Waals surface area contributed by atoms with Crippen LogP contribution in [0.5, 0.6) is 0 Å². The SMILES string of the molecule is CC(C)NS(=O)(=O)c1cc(NCc2cc3ccccc3o2)cc(C(=O)Nc2ccc3c(c2)COC3)c1. The molecule has 0 aliphatic carbocycles. The molecule has 4 aromatic rings. The van der Waals surface area contributed by atoms with Gasteiger partial charge < -0.3 is 19.8 Å². The van der Waals surface area contributed by atoms with Gasteiger partial charge in [0, 0.05) is 28.4 Å². The van der Waals surface area contributed by atoms with Crippen molar-refractivity contribution in [2.24, 2.45) is 0 Å². The molecule has 36 heavy (non-hydrogen) atoms. The van der Waals surface area contributed by atoms with Crippen LogP contribution in [-0.2, 0) is 34.5 Å². The Morgan fingerprint density at radius 3 is 2.56 bits per heavy atom. The largest absolute Gasteiger partial charge is 0.459 e. The number of anilines is 2. The van der Waals surface area contributed by atoms with Crippen LogP contribution in [0.2, 0.25) is 0 Å². The summed E-state index contributed by atoms with van der Waals surface area (Å²) in [5.41, 5.74) is 4.21. The van der Waals surface area contributed by atoms with E-state index in [0.29, 0.717) is 36.9 Å². The average molecular weight is 506 g/mol. The van der Waals surface area contributed by atoms with E-state index >= 15 is 0 Å². The summed E-state index contributed by atoms with van der Waals surface area (Å²) < 4.78 is 39.8. The second kappa shape index (κ2) is 9.77. The zero-order valence-corrected chi connectivity index (χ0v) is 20.8. The molecule has 5 rings (SSSR count). The summed E-state index contributed by atoms with van der Waals surface area (Å²) in [4.78, 5) is 13.2. The van der Waals surface area contributed by atoms with Crippen LogP contribution in [0.4, 0.5) is 11.4 Å². The Labute approximate surface area is 209 Å². The third-order valence-electron chi connectivity index (χ3n) is 5.79. The summed E-state index contributed by atoms with van der Waals surface area (Å²) in [5.74, 6) is 0.276. The first kappa shape index (κ1) is 24.1. The lowest BCUT2D eigenvalue weighted by Crippen LogP contribution is -2.30. The molecule has 2 heterocycles. The van der Waals surface area contributed by atoms with Crippen LogP contribution in [0.3, 0.4) is 0 Å². The summed E-state index contributed by atoms with van der Waals surface area (Å²) >= 11 is 0. The van der Waals surface area contributed by atoms with Gasteiger partial charge in [0.2, 0.25) is 10.0 Å². The number of rotatable bonds is 8. The molecule has 8 nitrogen and oxygen atoms in total. The molecule has 0 saturated heterocycles. The fourth-order valence-corrected chi connectivity index (χ4v) is 5.45. The van der Waals surface area contributed by atoms with E-state index in [2.05, 4.69) is 15.4 Å². The summed E-state index contributed by atoms with van der Waals surface area (Å²) in [6, 6.07) is 19.4. The molecule has 0 bridgehead atoms. The van der Waals surface area contributed by atoms with E-state index in [-0.39, 0.29) is 16.5 Å². The van der Waals surface area contributed by atoms with E-state index in [1.165, 1.54) is 12.1 Å². The summed E-state index contributed by atoms with van der Waals surface area (Å²) in [6.45, 7) is 4.87. The zero-order chi connectivity index (χ0) is 25.3. The minimum absolute atomic E-state index is 0.00157. The van der Waals surface area contributed by atoms with E-state index in [1.807, 2.05) is 48.5 Å². The first-order chi connectivity index (χ1) is 17.3. The molecule has 0 atom stereocenters. The molecular formula is C27H27N3O5S. The van der Waals surface area contributed by atoms with Crippen LogP contribution < -0.4 is 15.4 Å². The van der Waals surface area contributed by atoms with Crippen molar-refractivity contribution in [3.8, 4) is 0 Å². The van der Waals surface area contributed by atoms with E-state index in [9.17, 15) is 13.2 Å². The number of benzene rings is 3. The molecule has 1 aliphatic heterocycles. The van der Waals surface area contributed by atoms with Gasteiger partial charge in [0.25, 0.3) is 5.91 Å². The Balaban J connectivity index is 1.42. The smallest absolute Gasteiger partial charge is 0.255 e. The molecule has 0 fully saturated rings. The van der Waals surface area contributed by atoms with Crippen LogP contribution in [0, 0.1) is 0 Å². The summed E-state index contributed by atoms with van der Waals surface area (Å²) in [5, 5.41) is 7.05. The number of ether oxygens (including phenoxy) is 1. The van der Waals surface area contributed by atoms with Crippen molar-refractivity contribution in [2.75, 3.05) is 10.6 Å². The van der Waals surface area contributed by atoms with Crippen molar-refractivity contribution >= 4 is 38.3 Å². The van der Waals surface area contributed by atoms with Gasteiger partial charge >= 0.3 is 0 Å². The molecule has 0 spiro atoms. The normalized spacial score (nSPS) is 13.2. The molecule has 1 aromatic heterocycles. The predicted molar refractivity (Wildman–Crippen MR) is 138 cm³/mol. The van der Waals surface area contributed by atoms with Crippen LogP contribution >= 0.6 is 0 Å². The van der Waals surface area contributed by atoms with Gasteiger partial charge in [-0.2, -0.15) is 0 Å². The van der Waals surface area contributed by atoms with Crippen molar-refractivity contribution in [3.63, 3.8) is 0 Å². The van der Waals surface area contributed by atoms with Crippen molar-refractivity contribution in [1.29, 1.82) is 0 Å². The number of para-hydroxylation sites is 1. The third-order valence-corrected chi connectivity index (χ3v) is 7.43. The first-order valence-corrected chi connectivity index (χ1v) is 13.1. The molecule has 0 unspecified atom stereocenters. The van der Waals surface area contributed by atoms with Gasteiger partial charge in [-0.25, -0.2) is 13.1 Å². The maximum Gasteiger partial charge on any atom is 0.255 e.